The molecule has 0 bridgehead atoms. The van der Waals surface area contributed by atoms with Gasteiger partial charge in [0.25, 0.3) is 0 Å². The largest absolute Gasteiger partial charge is 0.502 e. The number of carboxylic acid groups (broad SMARTS) is 1. The Hall–Kier alpha value is -3.11. The number of para-hydroxylation sites is 1. The SMILES string of the molecule is COc1cccc(OC)c1O.O=C(O)c1cc(C(F)(F)F)ccc1C(F)(F)F. The fraction of sp³-hybridized carbons (Fsp3) is 0.235. The molecule has 0 aliphatic rings. The van der Waals surface area contributed by atoms with Crippen LogP contribution in [0, 0.1) is 0 Å². The molecule has 2 aromatic carbocycles. The summed E-state index contributed by atoms with van der Waals surface area (Å²) < 4.78 is 83.1. The van der Waals surface area contributed by atoms with Crippen molar-refractivity contribution in [2.75, 3.05) is 14.2 Å². The molecular formula is C17H14F6O5. The lowest BCUT2D eigenvalue weighted by atomic mass is 10.0. The molecule has 0 heterocycles. The molecule has 0 saturated heterocycles. The first-order chi connectivity index (χ1) is 12.8. The fourth-order valence-corrected chi connectivity index (χ4v) is 1.98. The zero-order valence-corrected chi connectivity index (χ0v) is 14.4. The molecule has 2 aromatic rings. The molecule has 0 atom stereocenters. The Bertz CT molecular complexity index is 808. The summed E-state index contributed by atoms with van der Waals surface area (Å²) in [5.74, 6) is -1.19. The lowest BCUT2D eigenvalue weighted by Gasteiger charge is -2.13. The van der Waals surface area contributed by atoms with Crippen LogP contribution in [0.5, 0.6) is 17.2 Å². The lowest BCUT2D eigenvalue weighted by molar-refractivity contribution is -0.141. The summed E-state index contributed by atoms with van der Waals surface area (Å²) >= 11 is 0. The molecule has 28 heavy (non-hydrogen) atoms. The van der Waals surface area contributed by atoms with E-state index >= 15 is 0 Å². The van der Waals surface area contributed by atoms with Gasteiger partial charge in [0.1, 0.15) is 0 Å². The van der Waals surface area contributed by atoms with E-state index in [2.05, 4.69) is 0 Å². The number of phenols is 1. The van der Waals surface area contributed by atoms with E-state index in [0.29, 0.717) is 11.5 Å². The predicted molar refractivity (Wildman–Crippen MR) is 84.6 cm³/mol. The van der Waals surface area contributed by atoms with Gasteiger partial charge in [0.05, 0.1) is 30.9 Å². The highest BCUT2D eigenvalue weighted by atomic mass is 19.4. The molecule has 0 amide bonds. The Morgan fingerprint density at radius 1 is 0.893 bits per heavy atom. The van der Waals surface area contributed by atoms with Gasteiger partial charge in [-0.2, -0.15) is 26.3 Å². The minimum absolute atomic E-state index is 0.0366. The van der Waals surface area contributed by atoms with Crippen molar-refractivity contribution in [2.45, 2.75) is 12.4 Å². The molecule has 2 N–H and O–H groups in total. The van der Waals surface area contributed by atoms with Crippen LogP contribution < -0.4 is 9.47 Å². The zero-order chi connectivity index (χ0) is 21.7. The average molecular weight is 412 g/mol. The van der Waals surface area contributed by atoms with E-state index in [4.69, 9.17) is 14.6 Å². The highest BCUT2D eigenvalue weighted by Gasteiger charge is 2.38. The summed E-state index contributed by atoms with van der Waals surface area (Å²) in [6.45, 7) is 0. The van der Waals surface area contributed by atoms with E-state index in [1.807, 2.05) is 0 Å². The number of halogens is 6. The third-order valence-electron chi connectivity index (χ3n) is 3.28. The van der Waals surface area contributed by atoms with Gasteiger partial charge in [-0.3, -0.25) is 0 Å². The van der Waals surface area contributed by atoms with E-state index < -0.39 is 35.0 Å². The summed E-state index contributed by atoms with van der Waals surface area (Å²) in [5.41, 5.74) is -4.48. The Morgan fingerprint density at radius 2 is 1.39 bits per heavy atom. The molecule has 0 aliphatic heterocycles. The van der Waals surface area contributed by atoms with Gasteiger partial charge < -0.3 is 19.7 Å². The number of rotatable bonds is 3. The van der Waals surface area contributed by atoms with E-state index in [9.17, 15) is 36.2 Å². The molecule has 5 nitrogen and oxygen atoms in total. The summed E-state index contributed by atoms with van der Waals surface area (Å²) in [7, 11) is 2.99. The molecule has 0 radical (unpaired) electrons. The minimum atomic E-state index is -5.02. The first-order valence-electron chi connectivity index (χ1n) is 7.24. The molecular weight excluding hydrogens is 398 g/mol. The maximum absolute atomic E-state index is 12.3. The monoisotopic (exact) mass is 412 g/mol. The Labute approximate surface area is 154 Å². The number of methoxy groups -OCH3 is 2. The summed E-state index contributed by atoms with van der Waals surface area (Å²) in [5, 5.41) is 17.8. The van der Waals surface area contributed by atoms with Crippen molar-refractivity contribution < 1.29 is 50.8 Å². The van der Waals surface area contributed by atoms with Crippen molar-refractivity contribution >= 4 is 5.97 Å². The highest BCUT2D eigenvalue weighted by molar-refractivity contribution is 5.90. The lowest BCUT2D eigenvalue weighted by Crippen LogP contribution is -2.15. The molecule has 11 heteroatoms. The Kier molecular flexibility index (Phi) is 7.14. The van der Waals surface area contributed by atoms with Gasteiger partial charge in [-0.05, 0) is 30.3 Å². The number of phenolic OH excluding ortho intramolecular Hbond substituents is 1. The smallest absolute Gasteiger partial charge is 0.417 e. The Balaban J connectivity index is 0.000000307. The average Bonchev–Trinajstić information content (AvgIpc) is 2.60. The standard InChI is InChI=1S/C9H4F6O2.C8H10O3/c10-8(11,12)4-1-2-6(9(13,14)15)5(3-4)7(16)17;1-10-6-4-3-5-7(11-2)8(6)9/h1-3H,(H,16,17);3-5,9H,1-2H3. The number of carbonyl (C=O) groups is 1. The predicted octanol–water partition coefficient (Wildman–Crippen LogP) is 4.83. The summed E-state index contributed by atoms with van der Waals surface area (Å²) in [6.07, 6.45) is -9.91. The molecule has 0 saturated carbocycles. The van der Waals surface area contributed by atoms with Crippen LogP contribution in [-0.2, 0) is 12.4 Å². The fourth-order valence-electron chi connectivity index (χ4n) is 1.98. The van der Waals surface area contributed by atoms with Gasteiger partial charge in [0.15, 0.2) is 11.5 Å². The quantitative estimate of drug-likeness (QED) is 0.707. The van der Waals surface area contributed by atoms with Gasteiger partial charge in [0.2, 0.25) is 5.75 Å². The third-order valence-corrected chi connectivity index (χ3v) is 3.28. The van der Waals surface area contributed by atoms with E-state index in [1.165, 1.54) is 14.2 Å². The highest BCUT2D eigenvalue weighted by Crippen LogP contribution is 2.36. The van der Waals surface area contributed by atoms with E-state index in [-0.39, 0.29) is 23.9 Å². The van der Waals surface area contributed by atoms with Crippen LogP contribution in [0.2, 0.25) is 0 Å². The summed E-state index contributed by atoms with van der Waals surface area (Å²) in [6, 6.07) is 5.33. The maximum atomic E-state index is 12.3. The van der Waals surface area contributed by atoms with Gasteiger partial charge >= 0.3 is 18.3 Å². The Morgan fingerprint density at radius 3 is 1.75 bits per heavy atom. The van der Waals surface area contributed by atoms with Crippen LogP contribution in [0.4, 0.5) is 26.3 Å². The van der Waals surface area contributed by atoms with Crippen molar-refractivity contribution in [2.24, 2.45) is 0 Å². The molecule has 0 aliphatic carbocycles. The molecule has 0 fully saturated rings. The molecule has 0 spiro atoms. The van der Waals surface area contributed by atoms with Crippen LogP contribution in [0.25, 0.3) is 0 Å². The van der Waals surface area contributed by atoms with Gasteiger partial charge in [0, 0.05) is 0 Å². The molecule has 0 unspecified atom stereocenters. The molecule has 0 aromatic heterocycles. The maximum Gasteiger partial charge on any atom is 0.417 e. The van der Waals surface area contributed by atoms with Gasteiger partial charge in [-0.25, -0.2) is 4.79 Å². The van der Waals surface area contributed by atoms with Crippen LogP contribution in [0.15, 0.2) is 36.4 Å². The first kappa shape index (κ1) is 22.9. The van der Waals surface area contributed by atoms with Crippen LogP contribution in [0.3, 0.4) is 0 Å². The second kappa shape index (κ2) is 8.72. The van der Waals surface area contributed by atoms with Gasteiger partial charge in [-0.15, -0.1) is 0 Å². The number of aromatic hydroxyl groups is 1. The van der Waals surface area contributed by atoms with Crippen molar-refractivity contribution in [3.63, 3.8) is 0 Å². The van der Waals surface area contributed by atoms with E-state index in [1.54, 1.807) is 18.2 Å². The van der Waals surface area contributed by atoms with Crippen molar-refractivity contribution in [3.05, 3.63) is 53.1 Å². The van der Waals surface area contributed by atoms with E-state index in [0.717, 1.165) is 0 Å². The van der Waals surface area contributed by atoms with Crippen LogP contribution in [-0.4, -0.2) is 30.4 Å². The number of hydrogen-bond donors (Lipinski definition) is 2. The topological polar surface area (TPSA) is 76.0 Å². The van der Waals surface area contributed by atoms with Crippen molar-refractivity contribution in [1.82, 2.24) is 0 Å². The molecule has 2 rings (SSSR count). The van der Waals surface area contributed by atoms with Crippen molar-refractivity contribution in [1.29, 1.82) is 0 Å². The normalized spacial score (nSPS) is 11.3. The second-order valence-corrected chi connectivity index (χ2v) is 5.07. The van der Waals surface area contributed by atoms with Gasteiger partial charge in [-0.1, -0.05) is 6.07 Å². The zero-order valence-electron chi connectivity index (χ0n) is 14.4. The second-order valence-electron chi connectivity index (χ2n) is 5.07. The number of aromatic carboxylic acids is 1. The number of hydrogen-bond acceptors (Lipinski definition) is 4. The number of benzene rings is 2. The minimum Gasteiger partial charge on any atom is -0.502 e. The number of ether oxygens (including phenoxy) is 2. The number of alkyl halides is 6. The number of carboxylic acids is 1. The molecule has 154 valence electrons. The third kappa shape index (κ3) is 5.69. The first-order valence-corrected chi connectivity index (χ1v) is 7.24. The summed E-state index contributed by atoms with van der Waals surface area (Å²) in [4.78, 5) is 10.5. The van der Waals surface area contributed by atoms with Crippen LogP contribution >= 0.6 is 0 Å². The van der Waals surface area contributed by atoms with Crippen molar-refractivity contribution in [3.8, 4) is 17.2 Å². The van der Waals surface area contributed by atoms with Crippen LogP contribution in [0.1, 0.15) is 21.5 Å².